The van der Waals surface area contributed by atoms with Gasteiger partial charge in [-0.25, -0.2) is 19.9 Å². The molecule has 62 heavy (non-hydrogen) atoms. The number of hydrogen-bond acceptors (Lipinski definition) is 5. The van der Waals surface area contributed by atoms with Gasteiger partial charge in [-0.2, -0.15) is 0 Å². The van der Waals surface area contributed by atoms with Gasteiger partial charge in [-0.15, -0.1) is 0 Å². The number of para-hydroxylation sites is 1. The maximum absolute atomic E-state index is 5.17. The summed E-state index contributed by atoms with van der Waals surface area (Å²) in [7, 11) is 0. The monoisotopic (exact) mass is 789 g/mol. The normalized spacial score (nSPS) is 11.5. The Morgan fingerprint density at radius 2 is 0.694 bits per heavy atom. The van der Waals surface area contributed by atoms with E-state index in [-0.39, 0.29) is 0 Å². The Labute approximate surface area is 357 Å². The maximum atomic E-state index is 5.17. The van der Waals surface area contributed by atoms with Crippen LogP contribution in [0.5, 0.6) is 0 Å². The van der Waals surface area contributed by atoms with E-state index < -0.39 is 0 Å². The number of benzene rings is 9. The SMILES string of the molecule is c1ccc(-c2nc(-c3ccccc3)nc(-c3cc(-c4ccc(-c5nc6ccccc6c6ccncc56)cc4)cc(-c4ccc5c6ccccc6c6ccccc6c5c4)c3)n2)cc1. The predicted molar refractivity (Wildman–Crippen MR) is 256 cm³/mol. The van der Waals surface area contributed by atoms with Crippen LogP contribution in [0.15, 0.2) is 213 Å². The van der Waals surface area contributed by atoms with Gasteiger partial charge in [0.25, 0.3) is 0 Å². The second kappa shape index (κ2) is 14.7. The van der Waals surface area contributed by atoms with Crippen LogP contribution in [0.3, 0.4) is 0 Å². The van der Waals surface area contributed by atoms with Gasteiger partial charge in [0.15, 0.2) is 17.5 Å². The van der Waals surface area contributed by atoms with Gasteiger partial charge in [0.1, 0.15) is 0 Å². The zero-order valence-corrected chi connectivity index (χ0v) is 33.4. The van der Waals surface area contributed by atoms with Crippen molar-refractivity contribution in [2.24, 2.45) is 0 Å². The van der Waals surface area contributed by atoms with E-state index in [4.69, 9.17) is 19.9 Å². The van der Waals surface area contributed by atoms with E-state index in [9.17, 15) is 0 Å². The molecular weight excluding hydrogens is 755 g/mol. The molecule has 0 atom stereocenters. The summed E-state index contributed by atoms with van der Waals surface area (Å²) in [6.07, 6.45) is 3.77. The third-order valence-corrected chi connectivity index (χ3v) is 12.0. The summed E-state index contributed by atoms with van der Waals surface area (Å²) in [6.45, 7) is 0. The highest BCUT2D eigenvalue weighted by Crippen LogP contribution is 2.40. The summed E-state index contributed by atoms with van der Waals surface area (Å²) < 4.78 is 0. The van der Waals surface area contributed by atoms with Crippen LogP contribution in [0.25, 0.3) is 122 Å². The fourth-order valence-corrected chi connectivity index (χ4v) is 8.95. The molecular formula is C57H35N5. The topological polar surface area (TPSA) is 64.5 Å². The molecule has 12 rings (SSSR count). The van der Waals surface area contributed by atoms with Gasteiger partial charge >= 0.3 is 0 Å². The van der Waals surface area contributed by atoms with Crippen molar-refractivity contribution < 1.29 is 0 Å². The number of rotatable bonds is 6. The molecule has 0 unspecified atom stereocenters. The highest BCUT2D eigenvalue weighted by atomic mass is 15.0. The zero-order chi connectivity index (χ0) is 41.0. The molecule has 0 spiro atoms. The first-order valence-corrected chi connectivity index (χ1v) is 20.8. The molecule has 9 aromatic carbocycles. The van der Waals surface area contributed by atoms with Crippen molar-refractivity contribution in [2.45, 2.75) is 0 Å². The van der Waals surface area contributed by atoms with E-state index >= 15 is 0 Å². The smallest absolute Gasteiger partial charge is 0.164 e. The molecule has 3 heterocycles. The van der Waals surface area contributed by atoms with Crippen LogP contribution >= 0.6 is 0 Å². The van der Waals surface area contributed by atoms with E-state index in [0.717, 1.165) is 71.9 Å². The molecule has 0 aliphatic heterocycles. The number of hydrogen-bond donors (Lipinski definition) is 0. The molecule has 0 aliphatic carbocycles. The van der Waals surface area contributed by atoms with Crippen molar-refractivity contribution in [1.82, 2.24) is 24.9 Å². The Hall–Kier alpha value is -8.41. The van der Waals surface area contributed by atoms with Crippen LogP contribution in [0, 0.1) is 0 Å². The molecule has 0 radical (unpaired) electrons. The summed E-state index contributed by atoms with van der Waals surface area (Å²) in [6, 6.07) is 70.4. The number of nitrogens with zero attached hydrogens (tertiary/aromatic N) is 5. The Balaban J connectivity index is 1.06. The minimum Gasteiger partial charge on any atom is -0.264 e. The Bertz CT molecular complexity index is 3590. The van der Waals surface area contributed by atoms with Gasteiger partial charge < -0.3 is 0 Å². The van der Waals surface area contributed by atoms with Crippen molar-refractivity contribution >= 4 is 54.0 Å². The van der Waals surface area contributed by atoms with Crippen molar-refractivity contribution in [3.63, 3.8) is 0 Å². The van der Waals surface area contributed by atoms with Gasteiger partial charge in [-0.1, -0.05) is 164 Å². The Morgan fingerprint density at radius 1 is 0.242 bits per heavy atom. The Kier molecular flexibility index (Phi) is 8.42. The molecule has 0 fully saturated rings. The first-order valence-electron chi connectivity index (χ1n) is 20.8. The fourth-order valence-electron chi connectivity index (χ4n) is 8.95. The van der Waals surface area contributed by atoms with Crippen LogP contribution in [0.2, 0.25) is 0 Å². The highest BCUT2D eigenvalue weighted by Gasteiger charge is 2.17. The van der Waals surface area contributed by atoms with Crippen LogP contribution < -0.4 is 0 Å². The molecule has 0 N–H and O–H groups in total. The second-order valence-electron chi connectivity index (χ2n) is 15.7. The summed E-state index contributed by atoms with van der Waals surface area (Å²) >= 11 is 0. The van der Waals surface area contributed by atoms with E-state index in [2.05, 4.69) is 138 Å². The van der Waals surface area contributed by atoms with E-state index in [1.807, 2.05) is 79.1 Å². The molecule has 0 saturated carbocycles. The summed E-state index contributed by atoms with van der Waals surface area (Å²) in [5.41, 5.74) is 9.95. The quantitative estimate of drug-likeness (QED) is 0.157. The maximum Gasteiger partial charge on any atom is 0.164 e. The lowest BCUT2D eigenvalue weighted by atomic mass is 9.90. The second-order valence-corrected chi connectivity index (χ2v) is 15.7. The lowest BCUT2D eigenvalue weighted by molar-refractivity contribution is 1.07. The first-order chi connectivity index (χ1) is 30.7. The standard InChI is InChI=1S/C57H35N5/c1-3-13-38(14-4-1)55-60-56(39-15-5-2-6-16-39)62-57(61-55)43-32-41(36-23-25-37(26-24-36)54-52-35-58-30-29-49(52)50-21-11-12-22-53(50)59-54)31-42(33-43)40-27-28-48-46-19-8-7-17-44(46)45-18-9-10-20-47(45)51(48)34-40/h1-35H. The minimum atomic E-state index is 0.606. The average molecular weight is 790 g/mol. The van der Waals surface area contributed by atoms with Gasteiger partial charge in [0.05, 0.1) is 11.2 Å². The molecule has 0 amide bonds. The van der Waals surface area contributed by atoms with E-state index in [0.29, 0.717) is 17.5 Å². The summed E-state index contributed by atoms with van der Waals surface area (Å²) in [4.78, 5) is 25.0. The number of fused-ring (bicyclic) bond motifs is 9. The van der Waals surface area contributed by atoms with Crippen molar-refractivity contribution in [1.29, 1.82) is 0 Å². The molecule has 288 valence electrons. The lowest BCUT2D eigenvalue weighted by Gasteiger charge is -2.15. The van der Waals surface area contributed by atoms with Gasteiger partial charge in [0.2, 0.25) is 0 Å². The molecule has 12 aromatic rings. The lowest BCUT2D eigenvalue weighted by Crippen LogP contribution is -2.00. The minimum absolute atomic E-state index is 0.606. The van der Waals surface area contributed by atoms with Crippen molar-refractivity contribution in [3.8, 4) is 67.7 Å². The van der Waals surface area contributed by atoms with E-state index in [1.165, 1.54) is 32.3 Å². The van der Waals surface area contributed by atoms with Crippen LogP contribution in [0.4, 0.5) is 0 Å². The van der Waals surface area contributed by atoms with Gasteiger partial charge in [-0.3, -0.25) is 4.98 Å². The van der Waals surface area contributed by atoms with Crippen LogP contribution in [0.1, 0.15) is 0 Å². The average Bonchev–Trinajstić information content (AvgIpc) is 3.36. The highest BCUT2D eigenvalue weighted by molar-refractivity contribution is 6.25. The zero-order valence-electron chi connectivity index (χ0n) is 33.4. The third-order valence-electron chi connectivity index (χ3n) is 12.0. The fraction of sp³-hybridized carbons (Fsp3) is 0. The summed E-state index contributed by atoms with van der Waals surface area (Å²) in [5.74, 6) is 1.85. The van der Waals surface area contributed by atoms with Crippen molar-refractivity contribution in [3.05, 3.63) is 213 Å². The number of pyridine rings is 2. The predicted octanol–water partition coefficient (Wildman–Crippen LogP) is 14.4. The Morgan fingerprint density at radius 3 is 1.32 bits per heavy atom. The molecule has 3 aromatic heterocycles. The van der Waals surface area contributed by atoms with Crippen LogP contribution in [-0.2, 0) is 0 Å². The molecule has 0 saturated heterocycles. The molecule has 0 aliphatic rings. The number of aromatic nitrogens is 5. The molecule has 5 heteroatoms. The largest absolute Gasteiger partial charge is 0.264 e. The first kappa shape index (κ1) is 35.5. The van der Waals surface area contributed by atoms with E-state index in [1.54, 1.807) is 0 Å². The van der Waals surface area contributed by atoms with Crippen LogP contribution in [-0.4, -0.2) is 24.9 Å². The summed E-state index contributed by atoms with van der Waals surface area (Å²) in [5, 5.41) is 10.7. The molecule has 0 bridgehead atoms. The third kappa shape index (κ3) is 6.14. The van der Waals surface area contributed by atoms with Gasteiger partial charge in [0, 0.05) is 45.4 Å². The van der Waals surface area contributed by atoms with Gasteiger partial charge in [-0.05, 0) is 96.4 Å². The molecule has 5 nitrogen and oxygen atoms in total. The van der Waals surface area contributed by atoms with Crippen molar-refractivity contribution in [2.75, 3.05) is 0 Å².